The molecule has 6 aliphatic rings. The van der Waals surface area contributed by atoms with Crippen molar-refractivity contribution in [3.8, 4) is 0 Å². The molecule has 6 saturated carbocycles. The number of rotatable bonds is 5. The molecule has 2 heteroatoms. The van der Waals surface area contributed by atoms with E-state index in [9.17, 15) is 4.79 Å². The molecule has 0 aromatic carbocycles. The fourth-order valence-electron chi connectivity index (χ4n) is 6.62. The largest absolute Gasteiger partial charge is 0.353 e. The molecule has 0 aromatic rings. The van der Waals surface area contributed by atoms with Crippen molar-refractivity contribution in [2.45, 2.75) is 76.7 Å². The summed E-state index contributed by atoms with van der Waals surface area (Å²) in [5.74, 6) is 4.96. The van der Waals surface area contributed by atoms with E-state index in [-0.39, 0.29) is 0 Å². The van der Waals surface area contributed by atoms with Crippen LogP contribution in [0.2, 0.25) is 0 Å². The molecule has 0 spiro atoms. The van der Waals surface area contributed by atoms with Gasteiger partial charge in [0.2, 0.25) is 5.91 Å². The summed E-state index contributed by atoms with van der Waals surface area (Å²) in [6.07, 6.45) is 14.8. The summed E-state index contributed by atoms with van der Waals surface area (Å²) in [4.78, 5) is 12.7. The number of carbonyl (C=O) groups excluding carboxylic acids is 1. The van der Waals surface area contributed by atoms with Crippen molar-refractivity contribution in [2.24, 2.45) is 35.0 Å². The van der Waals surface area contributed by atoms with Crippen LogP contribution in [0.15, 0.2) is 0 Å². The Morgan fingerprint density at radius 2 is 1.38 bits per heavy atom. The molecule has 0 aliphatic heterocycles. The Morgan fingerprint density at radius 3 is 1.81 bits per heavy atom. The summed E-state index contributed by atoms with van der Waals surface area (Å²) in [5, 5.41) is 3.48. The van der Waals surface area contributed by atoms with E-state index in [1.165, 1.54) is 64.2 Å². The van der Waals surface area contributed by atoms with Gasteiger partial charge in [0.1, 0.15) is 0 Å². The van der Waals surface area contributed by atoms with Gasteiger partial charge in [-0.05, 0) is 99.2 Å². The Kier molecular flexibility index (Phi) is 2.77. The van der Waals surface area contributed by atoms with Crippen molar-refractivity contribution in [3.05, 3.63) is 0 Å². The minimum atomic E-state index is 0.403. The van der Waals surface area contributed by atoms with Gasteiger partial charge < -0.3 is 5.32 Å². The third-order valence-corrected chi connectivity index (χ3v) is 7.29. The second kappa shape index (κ2) is 4.49. The maximum atomic E-state index is 12.7. The predicted molar refractivity (Wildman–Crippen MR) is 82.6 cm³/mol. The molecule has 0 saturated heterocycles. The van der Waals surface area contributed by atoms with Gasteiger partial charge in [0.15, 0.2) is 0 Å². The zero-order valence-electron chi connectivity index (χ0n) is 13.2. The zero-order valence-corrected chi connectivity index (χ0v) is 13.2. The predicted octanol–water partition coefficient (Wildman–Crippen LogP) is 3.90. The maximum absolute atomic E-state index is 12.7. The number of nitrogens with one attached hydrogen (secondary N) is 1. The Morgan fingerprint density at radius 1 is 0.905 bits per heavy atom. The van der Waals surface area contributed by atoms with E-state index in [1.54, 1.807) is 0 Å². The van der Waals surface area contributed by atoms with Crippen LogP contribution in [0.5, 0.6) is 0 Å². The van der Waals surface area contributed by atoms with E-state index < -0.39 is 0 Å². The van der Waals surface area contributed by atoms with E-state index in [1.807, 2.05) is 0 Å². The SMILES string of the molecule is O=C(CC12CC3CC(CC(C3)C1)C2)NC(C1CC1)C1CC1. The number of carbonyl (C=O) groups is 1. The first kappa shape index (κ1) is 13.0. The van der Waals surface area contributed by atoms with Gasteiger partial charge in [-0.15, -0.1) is 0 Å². The molecule has 0 unspecified atom stereocenters. The fraction of sp³-hybridized carbons (Fsp3) is 0.947. The molecule has 0 aromatic heterocycles. The summed E-state index contributed by atoms with van der Waals surface area (Å²) in [5.41, 5.74) is 0.413. The highest BCUT2D eigenvalue weighted by atomic mass is 16.1. The lowest BCUT2D eigenvalue weighted by molar-refractivity contribution is -0.130. The van der Waals surface area contributed by atoms with E-state index in [0.717, 1.165) is 36.0 Å². The molecule has 0 atom stereocenters. The molecule has 2 nitrogen and oxygen atoms in total. The summed E-state index contributed by atoms with van der Waals surface area (Å²) in [7, 11) is 0. The second-order valence-corrected chi connectivity index (χ2v) is 9.36. The summed E-state index contributed by atoms with van der Waals surface area (Å²) in [6, 6.07) is 0.548. The van der Waals surface area contributed by atoms with Crippen LogP contribution in [-0.4, -0.2) is 11.9 Å². The minimum Gasteiger partial charge on any atom is -0.353 e. The lowest BCUT2D eigenvalue weighted by Gasteiger charge is -2.56. The standard InChI is InChI=1S/C19H29NO/c21-17(20-18(15-1-2-15)16-3-4-16)11-19-8-12-5-13(9-19)7-14(6-12)10-19/h12-16,18H,1-11H2,(H,20,21). The average Bonchev–Trinajstić information content (AvgIpc) is 3.27. The Hall–Kier alpha value is -0.530. The van der Waals surface area contributed by atoms with Gasteiger partial charge in [0.25, 0.3) is 0 Å². The van der Waals surface area contributed by atoms with E-state index in [2.05, 4.69) is 5.32 Å². The summed E-state index contributed by atoms with van der Waals surface area (Å²) < 4.78 is 0. The maximum Gasteiger partial charge on any atom is 0.220 e. The molecule has 116 valence electrons. The van der Waals surface area contributed by atoms with Crippen molar-refractivity contribution in [1.29, 1.82) is 0 Å². The molecule has 1 amide bonds. The first-order valence-electron chi connectivity index (χ1n) is 9.48. The monoisotopic (exact) mass is 287 g/mol. The average molecular weight is 287 g/mol. The number of hydrogen-bond acceptors (Lipinski definition) is 1. The van der Waals surface area contributed by atoms with Crippen molar-refractivity contribution >= 4 is 5.91 Å². The van der Waals surface area contributed by atoms with E-state index >= 15 is 0 Å². The summed E-state index contributed by atoms with van der Waals surface area (Å²) in [6.45, 7) is 0. The van der Waals surface area contributed by atoms with Crippen LogP contribution in [0.3, 0.4) is 0 Å². The minimum absolute atomic E-state index is 0.403. The molecule has 0 heterocycles. The summed E-state index contributed by atoms with van der Waals surface area (Å²) >= 11 is 0. The smallest absolute Gasteiger partial charge is 0.220 e. The van der Waals surface area contributed by atoms with E-state index in [0.29, 0.717) is 17.4 Å². The molecular formula is C19H29NO. The highest BCUT2D eigenvalue weighted by Gasteiger charge is 2.52. The third kappa shape index (κ3) is 2.43. The molecule has 21 heavy (non-hydrogen) atoms. The van der Waals surface area contributed by atoms with Crippen molar-refractivity contribution in [1.82, 2.24) is 5.32 Å². The van der Waals surface area contributed by atoms with Crippen LogP contribution in [0.1, 0.15) is 70.6 Å². The molecule has 6 aliphatic carbocycles. The van der Waals surface area contributed by atoms with E-state index in [4.69, 9.17) is 0 Å². The number of amides is 1. The van der Waals surface area contributed by atoms with Gasteiger partial charge in [0, 0.05) is 12.5 Å². The topological polar surface area (TPSA) is 29.1 Å². The van der Waals surface area contributed by atoms with Gasteiger partial charge in [-0.25, -0.2) is 0 Å². The fourth-order valence-corrected chi connectivity index (χ4v) is 6.62. The quantitative estimate of drug-likeness (QED) is 0.816. The molecule has 6 fully saturated rings. The second-order valence-electron chi connectivity index (χ2n) is 9.36. The van der Waals surface area contributed by atoms with Gasteiger partial charge in [-0.2, -0.15) is 0 Å². The van der Waals surface area contributed by atoms with Crippen molar-refractivity contribution in [2.75, 3.05) is 0 Å². The van der Waals surface area contributed by atoms with Crippen molar-refractivity contribution in [3.63, 3.8) is 0 Å². The van der Waals surface area contributed by atoms with Crippen LogP contribution in [0.4, 0.5) is 0 Å². The highest BCUT2D eigenvalue weighted by Crippen LogP contribution is 2.61. The van der Waals surface area contributed by atoms with Gasteiger partial charge >= 0.3 is 0 Å². The van der Waals surface area contributed by atoms with Crippen molar-refractivity contribution < 1.29 is 4.79 Å². The third-order valence-electron chi connectivity index (χ3n) is 7.29. The lowest BCUT2D eigenvalue weighted by atomic mass is 9.49. The molecular weight excluding hydrogens is 258 g/mol. The Balaban J connectivity index is 1.25. The van der Waals surface area contributed by atoms with Crippen LogP contribution >= 0.6 is 0 Å². The number of hydrogen-bond donors (Lipinski definition) is 1. The molecule has 0 radical (unpaired) electrons. The van der Waals surface area contributed by atoms with Crippen LogP contribution < -0.4 is 5.32 Å². The molecule has 6 rings (SSSR count). The van der Waals surface area contributed by atoms with Crippen LogP contribution in [0, 0.1) is 35.0 Å². The Labute approximate surface area is 128 Å². The van der Waals surface area contributed by atoms with Gasteiger partial charge in [0.05, 0.1) is 0 Å². The molecule has 4 bridgehead atoms. The normalized spacial score (nSPS) is 44.3. The van der Waals surface area contributed by atoms with Gasteiger partial charge in [-0.3, -0.25) is 4.79 Å². The first-order chi connectivity index (χ1) is 10.2. The van der Waals surface area contributed by atoms with Gasteiger partial charge in [-0.1, -0.05) is 0 Å². The lowest BCUT2D eigenvalue weighted by Crippen LogP contribution is -2.49. The molecule has 1 N–H and O–H groups in total. The zero-order chi connectivity index (χ0) is 14.0. The van der Waals surface area contributed by atoms with Crippen LogP contribution in [0.25, 0.3) is 0 Å². The Bertz CT molecular complexity index is 401. The first-order valence-corrected chi connectivity index (χ1v) is 9.48. The van der Waals surface area contributed by atoms with Crippen LogP contribution in [-0.2, 0) is 4.79 Å². The highest BCUT2D eigenvalue weighted by molar-refractivity contribution is 5.77.